The van der Waals surface area contributed by atoms with Crippen molar-refractivity contribution in [1.29, 1.82) is 0 Å². The number of benzene rings is 2. The molecular weight excluding hydrogens is 466 g/mol. The first-order valence-electron chi connectivity index (χ1n) is 6.20. The molecule has 0 atom stereocenters. The van der Waals surface area contributed by atoms with Crippen LogP contribution in [0, 0.1) is 52.2 Å². The molecule has 29 heavy (non-hydrogen) atoms. The molecule has 150 valence electrons. The molecule has 0 aliphatic heterocycles. The van der Waals surface area contributed by atoms with Crippen molar-refractivity contribution < 1.29 is 61.5 Å². The van der Waals surface area contributed by atoms with Gasteiger partial charge in [-0.15, -0.1) is 6.42 Å². The Morgan fingerprint density at radius 1 is 0.517 bits per heavy atom. The van der Waals surface area contributed by atoms with Crippen LogP contribution >= 0.6 is 0 Å². The van der Waals surface area contributed by atoms with Crippen LogP contribution in [-0.4, -0.2) is 0 Å². The van der Waals surface area contributed by atoms with Gasteiger partial charge in [-0.1, -0.05) is 66.6 Å². The molecular formula is C21H12Co2O6. The third kappa shape index (κ3) is 25.5. The summed E-state index contributed by atoms with van der Waals surface area (Å²) in [6.07, 6.45) is 5.59. The van der Waals surface area contributed by atoms with E-state index in [9.17, 15) is 0 Å². The first-order valence-corrected chi connectivity index (χ1v) is 6.20. The average Bonchev–Trinajstić information content (AvgIpc) is 2.84. The second kappa shape index (κ2) is 50.0. The van der Waals surface area contributed by atoms with Gasteiger partial charge in [-0.25, -0.2) is 0 Å². The molecule has 0 aromatic heterocycles. The molecule has 0 fully saturated rings. The molecule has 2 aromatic rings. The number of rotatable bonds is 2. The smallest absolute Gasteiger partial charge is 0 e. The topological polar surface area (TPSA) is 119 Å². The maximum absolute atomic E-state index is 7.50. The van der Waals surface area contributed by atoms with E-state index < -0.39 is 0 Å². The van der Waals surface area contributed by atoms with Crippen molar-refractivity contribution in [2.24, 2.45) is 0 Å². The minimum Gasteiger partial charge on any atom is 0 e. The van der Waals surface area contributed by atoms with Gasteiger partial charge >= 0.3 is 67.8 Å². The van der Waals surface area contributed by atoms with Gasteiger partial charge in [-0.2, -0.15) is 0 Å². The first kappa shape index (κ1) is 45.3. The summed E-state index contributed by atoms with van der Waals surface area (Å²) >= 11 is 0. The zero-order valence-corrected chi connectivity index (χ0v) is 16.6. The van der Waals surface area contributed by atoms with Crippen molar-refractivity contribution in [3.63, 3.8) is 0 Å². The summed E-state index contributed by atoms with van der Waals surface area (Å²) in [5, 5.41) is 0. The second-order valence-electron chi connectivity index (χ2n) is 3.42. The molecule has 0 aliphatic carbocycles. The summed E-state index contributed by atoms with van der Waals surface area (Å²) in [5.74, 6) is 2.90. The fourth-order valence-electron chi connectivity index (χ4n) is 1.68. The molecule has 0 N–H and O–H groups in total. The SMILES string of the molecule is C#CC(c1ccccc1)c1ccccc1.[C-]#[O+].[C-]#[O+].[C-]#[O+].[C-]#[O+].[C-]#[O+].[C-]#[O+].[Co].[Co]. The standard InChI is InChI=1S/C15H12.6CO.2Co/c1-2-15(13-9-5-3-6-10-13)14-11-7-4-8-12-14;6*1-2;;/h1,3-12,15H;;;;;;;;. The Morgan fingerprint density at radius 3 is 0.897 bits per heavy atom. The quantitative estimate of drug-likeness (QED) is 0.358. The summed E-state index contributed by atoms with van der Waals surface area (Å²) in [7, 11) is 0. The molecule has 0 saturated carbocycles. The summed E-state index contributed by atoms with van der Waals surface area (Å²) in [4.78, 5) is 0. The average molecular weight is 478 g/mol. The minimum atomic E-state index is 0. The summed E-state index contributed by atoms with van der Waals surface area (Å²) < 4.78 is 45.0. The van der Waals surface area contributed by atoms with Crippen molar-refractivity contribution in [1.82, 2.24) is 0 Å². The maximum atomic E-state index is 7.50. The van der Waals surface area contributed by atoms with Crippen LogP contribution in [0.5, 0.6) is 0 Å². The molecule has 0 unspecified atom stereocenters. The normalized spacial score (nSPS) is 5.52. The zero-order chi connectivity index (χ0) is 22.5. The molecule has 0 saturated heterocycles. The molecule has 8 heteroatoms. The van der Waals surface area contributed by atoms with Crippen molar-refractivity contribution in [2.45, 2.75) is 5.92 Å². The van der Waals surface area contributed by atoms with E-state index in [1.54, 1.807) is 0 Å². The van der Waals surface area contributed by atoms with E-state index in [0.29, 0.717) is 0 Å². The molecule has 0 aliphatic rings. The minimum absolute atomic E-state index is 0. The van der Waals surface area contributed by atoms with Gasteiger partial charge in [0, 0.05) is 33.6 Å². The molecule has 0 bridgehead atoms. The predicted molar refractivity (Wildman–Crippen MR) is 87.1 cm³/mol. The summed E-state index contributed by atoms with van der Waals surface area (Å²) in [6.45, 7) is 27.0. The van der Waals surface area contributed by atoms with Crippen molar-refractivity contribution >= 4 is 0 Å². The summed E-state index contributed by atoms with van der Waals surface area (Å²) in [6, 6.07) is 20.3. The molecule has 2 aromatic carbocycles. The molecule has 2 rings (SSSR count). The van der Waals surface area contributed by atoms with Crippen LogP contribution in [0.1, 0.15) is 17.0 Å². The predicted octanol–water partition coefficient (Wildman–Crippen LogP) is 3.22. The van der Waals surface area contributed by atoms with E-state index >= 15 is 0 Å². The van der Waals surface area contributed by atoms with Crippen molar-refractivity contribution in [3.8, 4) is 12.3 Å². The van der Waals surface area contributed by atoms with Crippen LogP contribution in [0.2, 0.25) is 0 Å². The molecule has 2 radical (unpaired) electrons. The van der Waals surface area contributed by atoms with Gasteiger partial charge in [0.15, 0.2) is 0 Å². The fraction of sp³-hybridized carbons (Fsp3) is 0.0476. The van der Waals surface area contributed by atoms with Gasteiger partial charge in [-0.05, 0) is 11.1 Å². The van der Waals surface area contributed by atoms with Crippen LogP contribution in [-0.2, 0) is 61.5 Å². The Bertz CT molecular complexity index is 625. The third-order valence-electron chi connectivity index (χ3n) is 2.43. The Labute approximate surface area is 191 Å². The van der Waals surface area contributed by atoms with Gasteiger partial charge < -0.3 is 0 Å². The Kier molecular flexibility index (Phi) is 78.0. The molecule has 0 heterocycles. The summed E-state index contributed by atoms with van der Waals surface area (Å²) in [5.41, 5.74) is 2.34. The first-order chi connectivity index (χ1) is 13.4. The Morgan fingerprint density at radius 2 is 0.724 bits per heavy atom. The van der Waals surface area contributed by atoms with Gasteiger partial charge in [0.2, 0.25) is 0 Å². The molecule has 0 spiro atoms. The van der Waals surface area contributed by atoms with Gasteiger partial charge in [0.25, 0.3) is 0 Å². The van der Waals surface area contributed by atoms with E-state index in [2.05, 4.69) is 70.1 Å². The number of terminal acetylenes is 1. The Hall–Kier alpha value is -2.55. The van der Waals surface area contributed by atoms with E-state index in [1.165, 1.54) is 11.1 Å². The monoisotopic (exact) mass is 478 g/mol. The van der Waals surface area contributed by atoms with Crippen LogP contribution in [0.4, 0.5) is 0 Å². The second-order valence-corrected chi connectivity index (χ2v) is 3.42. The van der Waals surface area contributed by atoms with E-state index in [4.69, 9.17) is 34.3 Å². The van der Waals surface area contributed by atoms with Gasteiger partial charge in [0.05, 0.1) is 5.92 Å². The van der Waals surface area contributed by atoms with Gasteiger partial charge in [0.1, 0.15) is 0 Å². The molecule has 0 amide bonds. The maximum Gasteiger partial charge on any atom is 0 e. The van der Waals surface area contributed by atoms with Crippen molar-refractivity contribution in [3.05, 3.63) is 112 Å². The zero-order valence-electron chi connectivity index (χ0n) is 14.5. The van der Waals surface area contributed by atoms with Gasteiger partial charge in [-0.3, -0.25) is 0 Å². The third-order valence-corrected chi connectivity index (χ3v) is 2.43. The van der Waals surface area contributed by atoms with Crippen LogP contribution in [0.25, 0.3) is 0 Å². The fourth-order valence-corrected chi connectivity index (χ4v) is 1.68. The van der Waals surface area contributed by atoms with E-state index in [0.717, 1.165) is 0 Å². The van der Waals surface area contributed by atoms with E-state index in [-0.39, 0.29) is 39.5 Å². The van der Waals surface area contributed by atoms with Crippen LogP contribution in [0.3, 0.4) is 0 Å². The Balaban J connectivity index is -0.0000000601. The molecule has 6 nitrogen and oxygen atoms in total. The number of hydrogen-bond acceptors (Lipinski definition) is 0. The largest absolute Gasteiger partial charge is 0 e. The van der Waals surface area contributed by atoms with Crippen LogP contribution < -0.4 is 0 Å². The number of hydrogen-bond donors (Lipinski definition) is 0. The van der Waals surface area contributed by atoms with Crippen LogP contribution in [0.15, 0.2) is 60.7 Å². The van der Waals surface area contributed by atoms with Crippen molar-refractivity contribution in [2.75, 3.05) is 0 Å². The van der Waals surface area contributed by atoms with E-state index in [1.807, 2.05) is 36.4 Å².